The van der Waals surface area contributed by atoms with Crippen LogP contribution in [0.25, 0.3) is 16.7 Å². The number of para-hydroxylation sites is 2. The first-order valence-electron chi connectivity index (χ1n) is 6.18. The smallest absolute Gasteiger partial charge is 0.111 e. The van der Waals surface area contributed by atoms with E-state index in [0.29, 0.717) is 0 Å². The highest BCUT2D eigenvalue weighted by molar-refractivity contribution is 5.78. The molecule has 0 unspecified atom stereocenters. The second kappa shape index (κ2) is 3.98. The lowest BCUT2D eigenvalue weighted by molar-refractivity contribution is 0.987. The lowest BCUT2D eigenvalue weighted by atomic mass is 10.1. The summed E-state index contributed by atoms with van der Waals surface area (Å²) in [5.74, 6) is 1.03. The van der Waals surface area contributed by atoms with E-state index in [9.17, 15) is 0 Å². The molecule has 90 valence electrons. The molecule has 18 heavy (non-hydrogen) atoms. The molecule has 0 spiro atoms. The monoisotopic (exact) mass is 236 g/mol. The third-order valence-corrected chi connectivity index (χ3v) is 3.33. The van der Waals surface area contributed by atoms with Gasteiger partial charge < -0.3 is 0 Å². The van der Waals surface area contributed by atoms with Crippen LogP contribution in [0, 0.1) is 20.8 Å². The van der Waals surface area contributed by atoms with Crippen LogP contribution in [0.15, 0.2) is 42.5 Å². The largest absolute Gasteiger partial charge is 0.296 e. The predicted octanol–water partition coefficient (Wildman–Crippen LogP) is 3.95. The Balaban J connectivity index is 2.37. The van der Waals surface area contributed by atoms with Crippen molar-refractivity contribution in [3.8, 4) is 5.69 Å². The number of benzene rings is 2. The lowest BCUT2D eigenvalue weighted by Gasteiger charge is -2.11. The van der Waals surface area contributed by atoms with Gasteiger partial charge in [-0.15, -0.1) is 0 Å². The minimum atomic E-state index is 1.03. The van der Waals surface area contributed by atoms with Gasteiger partial charge in [-0.2, -0.15) is 0 Å². The Morgan fingerprint density at radius 1 is 0.944 bits per heavy atom. The molecule has 0 aliphatic carbocycles. The van der Waals surface area contributed by atoms with Crippen LogP contribution in [0.5, 0.6) is 0 Å². The van der Waals surface area contributed by atoms with Gasteiger partial charge in [-0.05, 0) is 50.1 Å². The van der Waals surface area contributed by atoms with Crippen molar-refractivity contribution >= 4 is 11.0 Å². The first-order valence-corrected chi connectivity index (χ1v) is 6.18. The Labute approximate surface area is 107 Å². The average molecular weight is 236 g/mol. The number of fused-ring (bicyclic) bond motifs is 1. The molecule has 0 saturated heterocycles. The van der Waals surface area contributed by atoms with E-state index in [2.05, 4.69) is 66.7 Å². The van der Waals surface area contributed by atoms with Crippen LogP contribution < -0.4 is 0 Å². The highest BCUT2D eigenvalue weighted by atomic mass is 15.1. The summed E-state index contributed by atoms with van der Waals surface area (Å²) < 4.78 is 2.23. The average Bonchev–Trinajstić information content (AvgIpc) is 2.68. The summed E-state index contributed by atoms with van der Waals surface area (Å²) in [6.07, 6.45) is 0. The molecular weight excluding hydrogens is 220 g/mol. The van der Waals surface area contributed by atoms with Crippen molar-refractivity contribution in [3.63, 3.8) is 0 Å². The summed E-state index contributed by atoms with van der Waals surface area (Å²) in [7, 11) is 0. The lowest BCUT2D eigenvalue weighted by Crippen LogP contribution is -1.99. The predicted molar refractivity (Wildman–Crippen MR) is 75.3 cm³/mol. The van der Waals surface area contributed by atoms with Crippen LogP contribution >= 0.6 is 0 Å². The molecule has 0 saturated carbocycles. The van der Waals surface area contributed by atoms with Gasteiger partial charge in [0, 0.05) is 0 Å². The Bertz CT molecular complexity index is 723. The number of aryl methyl sites for hydroxylation is 3. The number of rotatable bonds is 1. The van der Waals surface area contributed by atoms with Crippen molar-refractivity contribution in [2.24, 2.45) is 0 Å². The van der Waals surface area contributed by atoms with Crippen LogP contribution in [0.2, 0.25) is 0 Å². The van der Waals surface area contributed by atoms with Crippen LogP contribution in [0.4, 0.5) is 0 Å². The molecule has 0 radical (unpaired) electrons. The molecule has 0 aliphatic heterocycles. The fourth-order valence-corrected chi connectivity index (χ4v) is 2.41. The molecule has 1 heterocycles. The van der Waals surface area contributed by atoms with Crippen LogP contribution in [0.3, 0.4) is 0 Å². The van der Waals surface area contributed by atoms with E-state index in [1.54, 1.807) is 0 Å². The topological polar surface area (TPSA) is 17.8 Å². The van der Waals surface area contributed by atoms with Crippen molar-refractivity contribution in [1.29, 1.82) is 0 Å². The molecule has 0 bridgehead atoms. The molecule has 2 heteroatoms. The van der Waals surface area contributed by atoms with E-state index in [0.717, 1.165) is 11.3 Å². The van der Waals surface area contributed by atoms with Gasteiger partial charge in [-0.3, -0.25) is 4.57 Å². The minimum absolute atomic E-state index is 1.03. The van der Waals surface area contributed by atoms with E-state index < -0.39 is 0 Å². The first-order chi connectivity index (χ1) is 8.66. The van der Waals surface area contributed by atoms with Crippen molar-refractivity contribution in [2.75, 3.05) is 0 Å². The Hall–Kier alpha value is -2.09. The van der Waals surface area contributed by atoms with Gasteiger partial charge in [0.1, 0.15) is 5.82 Å². The number of nitrogens with zero attached hydrogens (tertiary/aromatic N) is 2. The molecule has 0 aliphatic rings. The fraction of sp³-hybridized carbons (Fsp3) is 0.188. The van der Waals surface area contributed by atoms with Crippen LogP contribution in [-0.2, 0) is 0 Å². The van der Waals surface area contributed by atoms with Crippen molar-refractivity contribution in [3.05, 3.63) is 59.4 Å². The van der Waals surface area contributed by atoms with Gasteiger partial charge in [0.05, 0.1) is 16.7 Å². The molecule has 2 aromatic carbocycles. The van der Waals surface area contributed by atoms with Gasteiger partial charge in [0.15, 0.2) is 0 Å². The second-order valence-electron chi connectivity index (χ2n) is 4.77. The van der Waals surface area contributed by atoms with E-state index in [-0.39, 0.29) is 0 Å². The second-order valence-corrected chi connectivity index (χ2v) is 4.77. The molecule has 0 amide bonds. The number of hydrogen-bond acceptors (Lipinski definition) is 1. The molecule has 2 nitrogen and oxygen atoms in total. The third-order valence-electron chi connectivity index (χ3n) is 3.33. The summed E-state index contributed by atoms with van der Waals surface area (Å²) in [5, 5.41) is 0. The highest BCUT2D eigenvalue weighted by Crippen LogP contribution is 2.24. The SMILES string of the molecule is Cc1ccc(C)c(-n2c(C)nc3ccccc32)c1. The van der Waals surface area contributed by atoms with Crippen molar-refractivity contribution in [2.45, 2.75) is 20.8 Å². The van der Waals surface area contributed by atoms with Crippen molar-refractivity contribution in [1.82, 2.24) is 9.55 Å². The maximum absolute atomic E-state index is 4.62. The zero-order valence-corrected chi connectivity index (χ0v) is 10.9. The highest BCUT2D eigenvalue weighted by Gasteiger charge is 2.10. The number of aromatic nitrogens is 2. The molecule has 3 aromatic rings. The molecule has 1 aromatic heterocycles. The summed E-state index contributed by atoms with van der Waals surface area (Å²) in [6.45, 7) is 6.32. The van der Waals surface area contributed by atoms with E-state index in [4.69, 9.17) is 0 Å². The molecule has 3 rings (SSSR count). The molecular formula is C16H16N2. The molecule has 0 atom stereocenters. The van der Waals surface area contributed by atoms with Gasteiger partial charge in [0.2, 0.25) is 0 Å². The summed E-state index contributed by atoms with van der Waals surface area (Å²) >= 11 is 0. The minimum Gasteiger partial charge on any atom is -0.296 e. The summed E-state index contributed by atoms with van der Waals surface area (Å²) in [6, 6.07) is 14.8. The standard InChI is InChI=1S/C16H16N2/c1-11-8-9-12(2)16(10-11)18-13(3)17-14-6-4-5-7-15(14)18/h4-10H,1-3H3. The van der Waals surface area contributed by atoms with Crippen LogP contribution in [0.1, 0.15) is 17.0 Å². The maximum Gasteiger partial charge on any atom is 0.111 e. The van der Waals surface area contributed by atoms with Crippen molar-refractivity contribution < 1.29 is 0 Å². The summed E-state index contributed by atoms with van der Waals surface area (Å²) in [4.78, 5) is 4.62. The third kappa shape index (κ3) is 1.61. The van der Waals surface area contributed by atoms with Gasteiger partial charge in [-0.25, -0.2) is 4.98 Å². The zero-order chi connectivity index (χ0) is 12.7. The van der Waals surface area contributed by atoms with E-state index in [1.807, 2.05) is 6.07 Å². The first kappa shape index (κ1) is 11.0. The maximum atomic E-state index is 4.62. The zero-order valence-electron chi connectivity index (χ0n) is 10.9. The Morgan fingerprint density at radius 3 is 2.56 bits per heavy atom. The van der Waals surface area contributed by atoms with Gasteiger partial charge in [0.25, 0.3) is 0 Å². The van der Waals surface area contributed by atoms with Gasteiger partial charge >= 0.3 is 0 Å². The summed E-state index contributed by atoms with van der Waals surface area (Å²) in [5.41, 5.74) is 5.99. The number of hydrogen-bond donors (Lipinski definition) is 0. The van der Waals surface area contributed by atoms with E-state index >= 15 is 0 Å². The number of imidazole rings is 1. The fourth-order valence-electron chi connectivity index (χ4n) is 2.41. The Kier molecular flexibility index (Phi) is 2.44. The normalized spacial score (nSPS) is 11.1. The van der Waals surface area contributed by atoms with Gasteiger partial charge in [-0.1, -0.05) is 24.3 Å². The van der Waals surface area contributed by atoms with Crippen LogP contribution in [-0.4, -0.2) is 9.55 Å². The van der Waals surface area contributed by atoms with E-state index in [1.165, 1.54) is 22.3 Å². The molecule has 0 fully saturated rings. The quantitative estimate of drug-likeness (QED) is 0.625. The molecule has 0 N–H and O–H groups in total. The Morgan fingerprint density at radius 2 is 1.72 bits per heavy atom.